The topological polar surface area (TPSA) is 51.8 Å². The molecule has 2 heterocycles. The second-order valence-corrected chi connectivity index (χ2v) is 13.9. The van der Waals surface area contributed by atoms with Crippen molar-refractivity contribution in [3.05, 3.63) is 188 Å². The molecule has 0 aliphatic rings. The Labute approximate surface area is 317 Å². The number of hydrogen-bond acceptors (Lipinski definition) is 4. The van der Waals surface area contributed by atoms with Crippen molar-refractivity contribution in [2.45, 2.75) is 0 Å². The van der Waals surface area contributed by atoms with Gasteiger partial charge in [0.15, 0.2) is 17.5 Å². The van der Waals surface area contributed by atoms with E-state index >= 15 is 0 Å². The Kier molecular flexibility index (Phi) is 7.14. The predicted octanol–water partition coefficient (Wildman–Crippen LogP) is 13.6. The van der Waals surface area contributed by atoms with E-state index in [9.17, 15) is 0 Å². The van der Waals surface area contributed by atoms with Gasteiger partial charge in [0.1, 0.15) is 11.2 Å². The summed E-state index contributed by atoms with van der Waals surface area (Å²) in [4.78, 5) is 15.5. The summed E-state index contributed by atoms with van der Waals surface area (Å²) < 4.78 is 6.65. The Balaban J connectivity index is 1.10. The molecule has 0 atom stereocenters. The summed E-state index contributed by atoms with van der Waals surface area (Å²) >= 11 is 0. The van der Waals surface area contributed by atoms with Crippen LogP contribution >= 0.6 is 0 Å². The highest BCUT2D eigenvalue weighted by Crippen LogP contribution is 2.41. The number of rotatable bonds is 5. The summed E-state index contributed by atoms with van der Waals surface area (Å²) in [5, 5.41) is 9.02. The Morgan fingerprint density at radius 3 is 1.58 bits per heavy atom. The maximum Gasteiger partial charge on any atom is 0.164 e. The van der Waals surface area contributed by atoms with Crippen LogP contribution in [0.1, 0.15) is 0 Å². The van der Waals surface area contributed by atoms with Gasteiger partial charge in [0.2, 0.25) is 0 Å². The summed E-state index contributed by atoms with van der Waals surface area (Å²) in [6, 6.07) is 65.7. The molecule has 0 aliphatic heterocycles. The lowest BCUT2D eigenvalue weighted by atomic mass is 9.92. The molecule has 0 radical (unpaired) electrons. The molecule has 0 fully saturated rings. The van der Waals surface area contributed by atoms with E-state index in [1.165, 1.54) is 32.7 Å². The summed E-state index contributed by atoms with van der Waals surface area (Å²) in [6.07, 6.45) is 0. The van der Waals surface area contributed by atoms with Crippen molar-refractivity contribution in [2.75, 3.05) is 0 Å². The molecule has 4 nitrogen and oxygen atoms in total. The van der Waals surface area contributed by atoms with Gasteiger partial charge in [-0.05, 0) is 78.8 Å². The van der Waals surface area contributed by atoms with E-state index in [0.717, 1.165) is 60.5 Å². The zero-order chi connectivity index (χ0) is 36.3. The van der Waals surface area contributed by atoms with Gasteiger partial charge in [0.05, 0.1) is 0 Å². The van der Waals surface area contributed by atoms with Crippen molar-refractivity contribution >= 4 is 54.3 Å². The van der Waals surface area contributed by atoms with Gasteiger partial charge in [-0.25, -0.2) is 15.0 Å². The van der Waals surface area contributed by atoms with Crippen LogP contribution in [-0.2, 0) is 0 Å². The van der Waals surface area contributed by atoms with Crippen LogP contribution in [0.4, 0.5) is 0 Å². The molecule has 11 rings (SSSR count). The van der Waals surface area contributed by atoms with E-state index < -0.39 is 0 Å². The van der Waals surface area contributed by atoms with Gasteiger partial charge >= 0.3 is 0 Å². The highest BCUT2D eigenvalue weighted by atomic mass is 16.3. The van der Waals surface area contributed by atoms with E-state index in [1.807, 2.05) is 42.5 Å². The van der Waals surface area contributed by atoms with Gasteiger partial charge in [-0.15, -0.1) is 0 Å². The molecule has 0 N–H and O–H groups in total. The van der Waals surface area contributed by atoms with Crippen LogP contribution in [0.5, 0.6) is 0 Å². The fourth-order valence-corrected chi connectivity index (χ4v) is 8.17. The SMILES string of the molecule is c1ccc(-c2nc(-c3cc4ccccc4c4ccccc34)nc(-c3cccc4oc5cc(-c6ccc(-c7ccccc7)c7ccccc67)ccc5c34)n2)cc1. The summed E-state index contributed by atoms with van der Waals surface area (Å²) in [5.41, 5.74) is 9.08. The van der Waals surface area contributed by atoms with Crippen LogP contribution in [0.3, 0.4) is 0 Å². The quantitative estimate of drug-likeness (QED) is 0.168. The number of benzene rings is 9. The molecule has 0 spiro atoms. The average molecular weight is 702 g/mol. The summed E-state index contributed by atoms with van der Waals surface area (Å²) in [6.45, 7) is 0. The third kappa shape index (κ3) is 5.19. The molecular formula is C51H31N3O. The third-order valence-corrected chi connectivity index (χ3v) is 10.7. The Morgan fingerprint density at radius 1 is 0.291 bits per heavy atom. The first-order valence-electron chi connectivity index (χ1n) is 18.5. The lowest BCUT2D eigenvalue weighted by Crippen LogP contribution is -2.01. The van der Waals surface area contributed by atoms with E-state index in [1.54, 1.807) is 0 Å². The molecule has 0 unspecified atom stereocenters. The minimum Gasteiger partial charge on any atom is -0.456 e. The number of nitrogens with zero attached hydrogens (tertiary/aromatic N) is 3. The van der Waals surface area contributed by atoms with Crippen molar-refractivity contribution in [2.24, 2.45) is 0 Å². The highest BCUT2D eigenvalue weighted by molar-refractivity contribution is 6.15. The molecule has 256 valence electrons. The second-order valence-electron chi connectivity index (χ2n) is 13.9. The minimum absolute atomic E-state index is 0.598. The van der Waals surface area contributed by atoms with E-state index in [2.05, 4.69) is 146 Å². The van der Waals surface area contributed by atoms with Crippen LogP contribution in [0, 0.1) is 0 Å². The number of hydrogen-bond donors (Lipinski definition) is 0. The smallest absolute Gasteiger partial charge is 0.164 e. The standard InChI is InChI=1S/C51H31N3O/c1-3-14-32(15-4-1)37-28-29-38(41-22-10-9-21-40(37)41)35-26-27-43-47(31-35)55-46-25-13-24-44(48(43)46)50-52-49(33-16-5-2-6-17-33)53-51(54-50)45-30-34-18-7-8-19-36(34)39-20-11-12-23-42(39)45/h1-31H. The van der Waals surface area contributed by atoms with Crippen LogP contribution in [-0.4, -0.2) is 15.0 Å². The predicted molar refractivity (Wildman–Crippen MR) is 227 cm³/mol. The minimum atomic E-state index is 0.598. The molecule has 0 amide bonds. The van der Waals surface area contributed by atoms with Crippen LogP contribution < -0.4 is 0 Å². The Bertz CT molecular complexity index is 3260. The molecule has 0 aliphatic carbocycles. The molecule has 2 aromatic heterocycles. The zero-order valence-corrected chi connectivity index (χ0v) is 29.6. The van der Waals surface area contributed by atoms with E-state index in [4.69, 9.17) is 19.4 Å². The first-order chi connectivity index (χ1) is 27.3. The first-order valence-corrected chi connectivity index (χ1v) is 18.5. The molecule has 4 heteroatoms. The average Bonchev–Trinajstić information content (AvgIpc) is 3.64. The van der Waals surface area contributed by atoms with Gasteiger partial charge in [-0.1, -0.05) is 164 Å². The second kappa shape index (κ2) is 12.6. The van der Waals surface area contributed by atoms with Crippen molar-refractivity contribution in [3.63, 3.8) is 0 Å². The number of aromatic nitrogens is 3. The Hall–Kier alpha value is -7.43. The first kappa shape index (κ1) is 31.1. The van der Waals surface area contributed by atoms with Crippen LogP contribution in [0.25, 0.3) is 111 Å². The van der Waals surface area contributed by atoms with Crippen LogP contribution in [0.15, 0.2) is 192 Å². The lowest BCUT2D eigenvalue weighted by molar-refractivity contribution is 0.669. The Morgan fingerprint density at radius 2 is 0.855 bits per heavy atom. The third-order valence-electron chi connectivity index (χ3n) is 10.7. The van der Waals surface area contributed by atoms with Crippen molar-refractivity contribution in [1.82, 2.24) is 15.0 Å². The normalized spacial score (nSPS) is 11.6. The van der Waals surface area contributed by atoms with Crippen molar-refractivity contribution < 1.29 is 4.42 Å². The van der Waals surface area contributed by atoms with Crippen LogP contribution in [0.2, 0.25) is 0 Å². The van der Waals surface area contributed by atoms with Gasteiger partial charge in [0.25, 0.3) is 0 Å². The van der Waals surface area contributed by atoms with Crippen molar-refractivity contribution in [1.29, 1.82) is 0 Å². The summed E-state index contributed by atoms with van der Waals surface area (Å²) in [7, 11) is 0. The molecule has 9 aromatic carbocycles. The highest BCUT2D eigenvalue weighted by Gasteiger charge is 2.20. The molecule has 0 bridgehead atoms. The van der Waals surface area contributed by atoms with Gasteiger partial charge in [-0.2, -0.15) is 0 Å². The molecular weight excluding hydrogens is 671 g/mol. The number of fused-ring (bicyclic) bond motifs is 7. The fourth-order valence-electron chi connectivity index (χ4n) is 8.17. The lowest BCUT2D eigenvalue weighted by Gasteiger charge is -2.13. The van der Waals surface area contributed by atoms with Gasteiger partial charge < -0.3 is 4.42 Å². The molecule has 0 saturated heterocycles. The molecule has 0 saturated carbocycles. The van der Waals surface area contributed by atoms with Gasteiger partial charge in [0, 0.05) is 27.5 Å². The van der Waals surface area contributed by atoms with Gasteiger partial charge in [-0.3, -0.25) is 0 Å². The van der Waals surface area contributed by atoms with E-state index in [-0.39, 0.29) is 0 Å². The molecule has 55 heavy (non-hydrogen) atoms. The van der Waals surface area contributed by atoms with E-state index in [0.29, 0.717) is 17.5 Å². The maximum absolute atomic E-state index is 6.65. The monoisotopic (exact) mass is 701 g/mol. The number of furan rings is 1. The summed E-state index contributed by atoms with van der Waals surface area (Å²) in [5.74, 6) is 1.85. The largest absolute Gasteiger partial charge is 0.456 e. The van der Waals surface area contributed by atoms with Crippen molar-refractivity contribution in [3.8, 4) is 56.4 Å². The zero-order valence-electron chi connectivity index (χ0n) is 29.6. The fraction of sp³-hybridized carbons (Fsp3) is 0. The molecule has 11 aromatic rings. The maximum atomic E-state index is 6.65.